The molecule has 2 N–H and O–H groups in total. The number of halogens is 4. The number of hydrogen-bond donors (Lipinski definition) is 2. The Kier molecular flexibility index (Phi) is 6.33. The summed E-state index contributed by atoms with van der Waals surface area (Å²) in [6.45, 7) is 6.41. The Morgan fingerprint density at radius 1 is 1.13 bits per heavy atom. The fraction of sp³-hybridized carbons (Fsp3) is 0.350. The molecule has 1 amide bonds. The van der Waals surface area contributed by atoms with Gasteiger partial charge in [0, 0.05) is 17.2 Å². The minimum absolute atomic E-state index is 0.141. The van der Waals surface area contributed by atoms with Gasteiger partial charge in [0.25, 0.3) is 15.7 Å². The molecule has 0 heterocycles. The van der Waals surface area contributed by atoms with Crippen molar-refractivity contribution in [2.45, 2.75) is 43.5 Å². The number of sulfone groups is 1. The average Bonchev–Trinajstić information content (AvgIpc) is 2.63. The van der Waals surface area contributed by atoms with Crippen molar-refractivity contribution in [3.63, 3.8) is 0 Å². The molecule has 0 saturated carbocycles. The van der Waals surface area contributed by atoms with E-state index in [1.54, 1.807) is 20.8 Å². The van der Waals surface area contributed by atoms with Gasteiger partial charge in [0.15, 0.2) is 0 Å². The molecule has 0 aliphatic carbocycles. The minimum atomic E-state index is -5.63. The number of alkyl halides is 3. The highest BCUT2D eigenvalue weighted by Gasteiger charge is 2.47. The van der Waals surface area contributed by atoms with Crippen LogP contribution in [0.3, 0.4) is 0 Å². The van der Waals surface area contributed by atoms with Crippen molar-refractivity contribution >= 4 is 21.4 Å². The maximum absolute atomic E-state index is 14.4. The average molecular weight is 463 g/mol. The van der Waals surface area contributed by atoms with E-state index in [1.807, 2.05) is 0 Å². The number of methoxy groups -OCH3 is 1. The maximum Gasteiger partial charge on any atom is 0.501 e. The number of amides is 1. The predicted octanol–water partition coefficient (Wildman–Crippen LogP) is 4.69. The van der Waals surface area contributed by atoms with Gasteiger partial charge in [0.1, 0.15) is 17.3 Å². The molecule has 6 nitrogen and oxygen atoms in total. The molecule has 0 radical (unpaired) electrons. The number of carbonyl (C=O) groups is 1. The van der Waals surface area contributed by atoms with E-state index >= 15 is 0 Å². The Bertz CT molecular complexity index is 1140. The number of phenols is 1. The van der Waals surface area contributed by atoms with Crippen LogP contribution in [0.2, 0.25) is 0 Å². The number of hydrogen-bond acceptors (Lipinski definition) is 5. The third kappa shape index (κ3) is 4.60. The van der Waals surface area contributed by atoms with Gasteiger partial charge < -0.3 is 15.2 Å². The molecule has 0 unspecified atom stereocenters. The molecule has 0 aromatic heterocycles. The zero-order valence-corrected chi connectivity index (χ0v) is 18.1. The zero-order valence-electron chi connectivity index (χ0n) is 17.3. The molecule has 2 aromatic carbocycles. The molecule has 11 heteroatoms. The summed E-state index contributed by atoms with van der Waals surface area (Å²) in [5.74, 6) is -2.50. The highest BCUT2D eigenvalue weighted by atomic mass is 32.2. The second-order valence-electron chi connectivity index (χ2n) is 7.77. The fourth-order valence-electron chi connectivity index (χ4n) is 2.84. The first kappa shape index (κ1) is 24.4. The van der Waals surface area contributed by atoms with Crippen LogP contribution in [-0.4, -0.2) is 32.0 Å². The van der Waals surface area contributed by atoms with E-state index in [9.17, 15) is 35.9 Å². The van der Waals surface area contributed by atoms with Crippen LogP contribution in [0.15, 0.2) is 29.2 Å². The van der Waals surface area contributed by atoms with E-state index in [0.717, 1.165) is 19.2 Å². The highest BCUT2D eigenvalue weighted by molar-refractivity contribution is 7.92. The Hall–Kier alpha value is -2.82. The van der Waals surface area contributed by atoms with Crippen LogP contribution < -0.4 is 10.1 Å². The molecule has 2 rings (SSSR count). The number of ether oxygens (including phenoxy) is 1. The molecular formula is C20H21F4NO5S. The predicted molar refractivity (Wildman–Crippen MR) is 106 cm³/mol. The van der Waals surface area contributed by atoms with Crippen LogP contribution in [-0.2, 0) is 15.3 Å². The lowest BCUT2D eigenvalue weighted by atomic mass is 9.84. The summed E-state index contributed by atoms with van der Waals surface area (Å²) in [4.78, 5) is 11.7. The molecule has 0 fully saturated rings. The first-order valence-corrected chi connectivity index (χ1v) is 10.3. The number of anilines is 1. The first-order valence-electron chi connectivity index (χ1n) is 8.85. The Labute approximate surface area is 176 Å². The van der Waals surface area contributed by atoms with Gasteiger partial charge in [0.05, 0.1) is 23.3 Å². The van der Waals surface area contributed by atoms with Gasteiger partial charge in [0.2, 0.25) is 0 Å². The Morgan fingerprint density at radius 3 is 2.19 bits per heavy atom. The van der Waals surface area contributed by atoms with Gasteiger partial charge in [-0.2, -0.15) is 13.2 Å². The SMILES string of the molecule is COc1cc(S(=O)(=O)C(F)(F)F)ccc1NC(=O)c1c(C)c(F)cc(C(C)(C)C)c1O. The smallest absolute Gasteiger partial charge is 0.501 e. The number of benzene rings is 2. The lowest BCUT2D eigenvalue weighted by molar-refractivity contribution is -0.0436. The standard InChI is InChI=1S/C20H21F4NO5S/c1-10-13(21)9-12(19(2,3)4)17(26)16(10)18(27)25-14-7-6-11(8-15(14)30-5)31(28,29)20(22,23)24/h6-9,26H,1-5H3,(H,25,27). The lowest BCUT2D eigenvalue weighted by Gasteiger charge is -2.23. The maximum atomic E-state index is 14.4. The summed E-state index contributed by atoms with van der Waals surface area (Å²) in [7, 11) is -4.56. The van der Waals surface area contributed by atoms with E-state index in [1.165, 1.54) is 6.92 Å². The lowest BCUT2D eigenvalue weighted by Crippen LogP contribution is -2.23. The van der Waals surface area contributed by atoms with Gasteiger partial charge in [-0.1, -0.05) is 20.8 Å². The van der Waals surface area contributed by atoms with E-state index in [0.29, 0.717) is 12.1 Å². The van der Waals surface area contributed by atoms with Crippen molar-refractivity contribution in [3.05, 3.63) is 46.8 Å². The van der Waals surface area contributed by atoms with Crippen LogP contribution in [0.1, 0.15) is 42.3 Å². The zero-order chi connectivity index (χ0) is 23.9. The highest BCUT2D eigenvalue weighted by Crippen LogP contribution is 2.38. The summed E-state index contributed by atoms with van der Waals surface area (Å²) in [5.41, 5.74) is -6.71. The summed E-state index contributed by atoms with van der Waals surface area (Å²) < 4.78 is 80.9. The van der Waals surface area contributed by atoms with Crippen LogP contribution >= 0.6 is 0 Å². The second-order valence-corrected chi connectivity index (χ2v) is 9.71. The first-order chi connectivity index (χ1) is 14.0. The van der Waals surface area contributed by atoms with Crippen molar-refractivity contribution in [2.24, 2.45) is 0 Å². The largest absolute Gasteiger partial charge is 0.507 e. The summed E-state index contributed by atoms with van der Waals surface area (Å²) >= 11 is 0. The van der Waals surface area contributed by atoms with Gasteiger partial charge in [-0.25, -0.2) is 12.8 Å². The van der Waals surface area contributed by atoms with Crippen molar-refractivity contribution in [2.75, 3.05) is 12.4 Å². The van der Waals surface area contributed by atoms with Crippen LogP contribution in [0, 0.1) is 12.7 Å². The normalized spacial score (nSPS) is 12.5. The summed E-state index contributed by atoms with van der Waals surface area (Å²) in [6, 6.07) is 3.29. The fourth-order valence-corrected chi connectivity index (χ4v) is 3.62. The molecular weight excluding hydrogens is 442 g/mol. The second kappa shape index (κ2) is 8.03. The molecule has 0 bridgehead atoms. The van der Waals surface area contributed by atoms with Crippen LogP contribution in [0.4, 0.5) is 23.2 Å². The van der Waals surface area contributed by atoms with Gasteiger partial charge in [-0.15, -0.1) is 0 Å². The monoisotopic (exact) mass is 463 g/mol. The molecule has 0 aliphatic rings. The summed E-state index contributed by atoms with van der Waals surface area (Å²) in [5, 5.41) is 12.9. The quantitative estimate of drug-likeness (QED) is 0.642. The van der Waals surface area contributed by atoms with Gasteiger partial charge in [-0.3, -0.25) is 4.79 Å². The Balaban J connectivity index is 2.54. The number of nitrogens with one attached hydrogen (secondary N) is 1. The molecule has 0 atom stereocenters. The number of aromatic hydroxyl groups is 1. The third-order valence-corrected chi connectivity index (χ3v) is 6.05. The van der Waals surface area contributed by atoms with E-state index in [4.69, 9.17) is 4.74 Å². The van der Waals surface area contributed by atoms with Crippen LogP contribution in [0.25, 0.3) is 0 Å². The molecule has 0 aliphatic heterocycles. The van der Waals surface area contributed by atoms with Crippen molar-refractivity contribution in [1.82, 2.24) is 0 Å². The van der Waals surface area contributed by atoms with Gasteiger partial charge in [-0.05, 0) is 30.5 Å². The molecule has 170 valence electrons. The van der Waals surface area contributed by atoms with Crippen molar-refractivity contribution in [1.29, 1.82) is 0 Å². The van der Waals surface area contributed by atoms with Crippen molar-refractivity contribution in [3.8, 4) is 11.5 Å². The number of phenolic OH excluding ortho intramolecular Hbond substituents is 1. The molecule has 2 aromatic rings. The number of rotatable bonds is 4. The van der Waals surface area contributed by atoms with Crippen LogP contribution in [0.5, 0.6) is 11.5 Å². The summed E-state index contributed by atoms with van der Waals surface area (Å²) in [6.07, 6.45) is 0. The topological polar surface area (TPSA) is 92.7 Å². The molecule has 31 heavy (non-hydrogen) atoms. The Morgan fingerprint density at radius 2 is 1.71 bits per heavy atom. The van der Waals surface area contributed by atoms with E-state index in [2.05, 4.69) is 5.32 Å². The minimum Gasteiger partial charge on any atom is -0.507 e. The van der Waals surface area contributed by atoms with Gasteiger partial charge >= 0.3 is 5.51 Å². The van der Waals surface area contributed by atoms with E-state index < -0.39 is 43.1 Å². The third-order valence-electron chi connectivity index (χ3n) is 4.57. The molecule has 0 spiro atoms. The van der Waals surface area contributed by atoms with Crippen molar-refractivity contribution < 1.29 is 40.6 Å². The molecule has 0 saturated heterocycles. The number of carbonyl (C=O) groups excluding carboxylic acids is 1. The van der Waals surface area contributed by atoms with E-state index in [-0.39, 0.29) is 28.1 Å².